The molecular formula is C22H21N3O5. The van der Waals surface area contributed by atoms with Crippen molar-refractivity contribution in [3.05, 3.63) is 79.7 Å². The number of nitro groups is 1. The summed E-state index contributed by atoms with van der Waals surface area (Å²) >= 11 is 0. The highest BCUT2D eigenvalue weighted by molar-refractivity contribution is 5.97. The maximum atomic E-state index is 13.0. The molecule has 0 unspecified atom stereocenters. The molecule has 1 aliphatic rings. The van der Waals surface area contributed by atoms with E-state index in [-0.39, 0.29) is 16.8 Å². The molecule has 8 nitrogen and oxygen atoms in total. The van der Waals surface area contributed by atoms with Crippen molar-refractivity contribution in [3.8, 4) is 0 Å². The second-order valence-corrected chi connectivity index (χ2v) is 7.50. The van der Waals surface area contributed by atoms with Crippen molar-refractivity contribution in [2.45, 2.75) is 13.8 Å². The number of rotatable bonds is 3. The second-order valence-electron chi connectivity index (χ2n) is 7.50. The minimum absolute atomic E-state index is 0.108. The number of non-ortho nitro benzene ring substituents is 1. The van der Waals surface area contributed by atoms with Crippen LogP contribution < -0.4 is 10.5 Å². The van der Waals surface area contributed by atoms with Gasteiger partial charge < -0.3 is 14.2 Å². The third-order valence-electron chi connectivity index (χ3n) is 5.42. The maximum Gasteiger partial charge on any atom is 0.349 e. The van der Waals surface area contributed by atoms with Crippen LogP contribution in [0.4, 0.5) is 11.4 Å². The quantitative estimate of drug-likeness (QED) is 0.376. The molecule has 0 radical (unpaired) electrons. The molecule has 4 rings (SSSR count). The Morgan fingerprint density at radius 2 is 1.77 bits per heavy atom. The molecule has 1 aromatic heterocycles. The molecule has 0 aliphatic carbocycles. The Balaban J connectivity index is 1.55. The first-order valence-corrected chi connectivity index (χ1v) is 9.67. The number of hydrogen-bond acceptors (Lipinski definition) is 6. The lowest BCUT2D eigenvalue weighted by atomic mass is 10.1. The lowest BCUT2D eigenvalue weighted by Crippen LogP contribution is -2.49. The van der Waals surface area contributed by atoms with E-state index in [1.54, 1.807) is 4.90 Å². The Labute approximate surface area is 172 Å². The maximum absolute atomic E-state index is 13.0. The predicted octanol–water partition coefficient (Wildman–Crippen LogP) is 3.28. The van der Waals surface area contributed by atoms with E-state index in [1.807, 2.05) is 0 Å². The van der Waals surface area contributed by atoms with Gasteiger partial charge in [-0.2, -0.15) is 0 Å². The molecule has 0 bridgehead atoms. The highest BCUT2D eigenvalue weighted by Crippen LogP contribution is 2.24. The summed E-state index contributed by atoms with van der Waals surface area (Å²) in [7, 11) is 0. The molecular weight excluding hydrogens is 386 g/mol. The monoisotopic (exact) mass is 407 g/mol. The van der Waals surface area contributed by atoms with Crippen LogP contribution in [0.25, 0.3) is 11.0 Å². The van der Waals surface area contributed by atoms with E-state index in [0.29, 0.717) is 31.6 Å². The van der Waals surface area contributed by atoms with Crippen LogP contribution in [0.2, 0.25) is 0 Å². The number of nitrogens with zero attached hydrogens (tertiary/aromatic N) is 3. The van der Waals surface area contributed by atoms with Crippen LogP contribution in [-0.4, -0.2) is 41.9 Å². The zero-order valence-corrected chi connectivity index (χ0v) is 16.8. The van der Waals surface area contributed by atoms with Crippen LogP contribution in [0.15, 0.2) is 51.7 Å². The van der Waals surface area contributed by atoms with E-state index in [1.165, 1.54) is 35.4 Å². The molecule has 0 spiro atoms. The average Bonchev–Trinajstić information content (AvgIpc) is 2.72. The van der Waals surface area contributed by atoms with Crippen LogP contribution in [0, 0.1) is 24.0 Å². The Morgan fingerprint density at radius 1 is 1.03 bits per heavy atom. The number of fused-ring (bicyclic) bond motifs is 1. The van der Waals surface area contributed by atoms with Crippen molar-refractivity contribution in [3.63, 3.8) is 0 Å². The number of benzene rings is 2. The van der Waals surface area contributed by atoms with Crippen LogP contribution in [0.3, 0.4) is 0 Å². The normalized spacial score (nSPS) is 14.2. The van der Waals surface area contributed by atoms with Gasteiger partial charge in [0.1, 0.15) is 11.1 Å². The molecule has 1 fully saturated rings. The molecule has 3 aromatic rings. The van der Waals surface area contributed by atoms with Gasteiger partial charge in [0.05, 0.1) is 4.92 Å². The van der Waals surface area contributed by atoms with Crippen molar-refractivity contribution in [2.75, 3.05) is 31.1 Å². The standard InChI is InChI=1S/C22H21N3O5/c1-14-3-5-19(15(2)11-14)23-7-9-24(10-8-23)21(26)18-13-16-12-17(25(28)29)4-6-20(16)30-22(18)27/h3-6,11-13H,7-10H2,1-2H3. The number of piperazine rings is 1. The number of carbonyl (C=O) groups excluding carboxylic acids is 1. The molecule has 2 heterocycles. The van der Waals surface area contributed by atoms with Crippen molar-refractivity contribution in [1.82, 2.24) is 4.90 Å². The SMILES string of the molecule is Cc1ccc(N2CCN(C(=O)c3cc4cc([N+](=O)[O-])ccc4oc3=O)CC2)c(C)c1. The number of hydrogen-bond donors (Lipinski definition) is 0. The molecule has 1 aliphatic heterocycles. The first-order valence-electron chi connectivity index (χ1n) is 9.67. The minimum Gasteiger partial charge on any atom is -0.422 e. The Kier molecular flexibility index (Phi) is 4.99. The van der Waals surface area contributed by atoms with E-state index in [2.05, 4.69) is 36.9 Å². The van der Waals surface area contributed by atoms with Crippen LogP contribution in [-0.2, 0) is 0 Å². The van der Waals surface area contributed by atoms with Gasteiger partial charge in [0.2, 0.25) is 0 Å². The van der Waals surface area contributed by atoms with Crippen molar-refractivity contribution in [1.29, 1.82) is 0 Å². The van der Waals surface area contributed by atoms with Gasteiger partial charge in [-0.3, -0.25) is 14.9 Å². The summed E-state index contributed by atoms with van der Waals surface area (Å²) in [6.45, 7) is 6.37. The molecule has 8 heteroatoms. The zero-order chi connectivity index (χ0) is 21.4. The topological polar surface area (TPSA) is 96.9 Å². The van der Waals surface area contributed by atoms with E-state index in [0.717, 1.165) is 5.69 Å². The minimum atomic E-state index is -0.738. The Hall–Kier alpha value is -3.68. The highest BCUT2D eigenvalue weighted by Gasteiger charge is 2.26. The number of nitro benzene ring substituents is 1. The highest BCUT2D eigenvalue weighted by atomic mass is 16.6. The first kappa shape index (κ1) is 19.6. The number of aryl methyl sites for hydroxylation is 2. The molecule has 0 atom stereocenters. The molecule has 1 amide bonds. The van der Waals surface area contributed by atoms with Gasteiger partial charge in [0.15, 0.2) is 0 Å². The molecule has 1 saturated heterocycles. The van der Waals surface area contributed by atoms with Crippen LogP contribution in [0.1, 0.15) is 21.5 Å². The van der Waals surface area contributed by atoms with Gasteiger partial charge in [-0.15, -0.1) is 0 Å². The van der Waals surface area contributed by atoms with Gasteiger partial charge >= 0.3 is 5.63 Å². The Bertz CT molecular complexity index is 1210. The summed E-state index contributed by atoms with van der Waals surface area (Å²) in [5.74, 6) is -0.419. The summed E-state index contributed by atoms with van der Waals surface area (Å²) in [4.78, 5) is 39.6. The van der Waals surface area contributed by atoms with Crippen molar-refractivity contribution in [2.24, 2.45) is 0 Å². The average molecular weight is 407 g/mol. The number of carbonyl (C=O) groups is 1. The van der Waals surface area contributed by atoms with Gasteiger partial charge in [-0.1, -0.05) is 17.7 Å². The summed E-state index contributed by atoms with van der Waals surface area (Å²) in [6, 6.07) is 11.6. The fourth-order valence-corrected chi connectivity index (χ4v) is 3.85. The lowest BCUT2D eigenvalue weighted by Gasteiger charge is -2.36. The van der Waals surface area contributed by atoms with Gasteiger partial charge in [0, 0.05) is 49.4 Å². The van der Waals surface area contributed by atoms with Crippen molar-refractivity contribution < 1.29 is 14.1 Å². The van der Waals surface area contributed by atoms with E-state index in [4.69, 9.17) is 4.42 Å². The number of anilines is 1. The zero-order valence-electron chi connectivity index (χ0n) is 16.8. The fraction of sp³-hybridized carbons (Fsp3) is 0.273. The van der Waals surface area contributed by atoms with Gasteiger partial charge in [-0.25, -0.2) is 4.79 Å². The van der Waals surface area contributed by atoms with Crippen LogP contribution in [0.5, 0.6) is 0 Å². The lowest BCUT2D eigenvalue weighted by molar-refractivity contribution is -0.384. The molecule has 30 heavy (non-hydrogen) atoms. The fourth-order valence-electron chi connectivity index (χ4n) is 3.85. The Morgan fingerprint density at radius 3 is 2.43 bits per heavy atom. The summed E-state index contributed by atoms with van der Waals surface area (Å²) in [5, 5.41) is 11.3. The second kappa shape index (κ2) is 7.62. The predicted molar refractivity (Wildman–Crippen MR) is 113 cm³/mol. The van der Waals surface area contributed by atoms with Gasteiger partial charge in [-0.05, 0) is 37.6 Å². The first-order chi connectivity index (χ1) is 14.3. The third kappa shape index (κ3) is 3.63. The molecule has 0 saturated carbocycles. The van der Waals surface area contributed by atoms with E-state index >= 15 is 0 Å². The molecule has 0 N–H and O–H groups in total. The van der Waals surface area contributed by atoms with E-state index in [9.17, 15) is 19.7 Å². The largest absolute Gasteiger partial charge is 0.422 e. The van der Waals surface area contributed by atoms with Crippen molar-refractivity contribution >= 4 is 28.3 Å². The third-order valence-corrected chi connectivity index (χ3v) is 5.42. The summed E-state index contributed by atoms with van der Waals surface area (Å²) in [5.41, 5.74) is 2.77. The van der Waals surface area contributed by atoms with Gasteiger partial charge in [0.25, 0.3) is 11.6 Å². The smallest absolute Gasteiger partial charge is 0.349 e. The van der Waals surface area contributed by atoms with E-state index < -0.39 is 16.5 Å². The molecule has 154 valence electrons. The summed E-state index contributed by atoms with van der Waals surface area (Å²) < 4.78 is 5.22. The number of amides is 1. The summed E-state index contributed by atoms with van der Waals surface area (Å²) in [6.07, 6.45) is 0. The molecule has 2 aromatic carbocycles. The van der Waals surface area contributed by atoms with Crippen LogP contribution >= 0.6 is 0 Å².